The summed E-state index contributed by atoms with van der Waals surface area (Å²) in [5, 5.41) is 18.0. The molecule has 1 aliphatic rings. The number of hydrogen-bond donors (Lipinski definition) is 3. The first-order chi connectivity index (χ1) is 17.0. The molecule has 0 spiro atoms. The molecule has 0 atom stereocenters. The van der Waals surface area contributed by atoms with E-state index in [0.29, 0.717) is 28.2 Å². The number of fused-ring (bicyclic) bond motifs is 2. The van der Waals surface area contributed by atoms with E-state index < -0.39 is 5.60 Å². The van der Waals surface area contributed by atoms with Crippen molar-refractivity contribution in [2.45, 2.75) is 65.1 Å². The number of anilines is 2. The van der Waals surface area contributed by atoms with Crippen molar-refractivity contribution in [2.75, 3.05) is 11.9 Å². The van der Waals surface area contributed by atoms with Crippen molar-refractivity contribution in [3.63, 3.8) is 0 Å². The van der Waals surface area contributed by atoms with E-state index in [1.807, 2.05) is 36.7 Å². The highest BCUT2D eigenvalue weighted by Crippen LogP contribution is 2.31. The second-order valence-electron chi connectivity index (χ2n) is 10.9. The van der Waals surface area contributed by atoms with Crippen LogP contribution in [0.3, 0.4) is 0 Å². The van der Waals surface area contributed by atoms with Gasteiger partial charge in [0.15, 0.2) is 5.82 Å². The molecule has 5 rings (SSSR count). The van der Waals surface area contributed by atoms with Gasteiger partial charge in [0.1, 0.15) is 11.4 Å². The summed E-state index contributed by atoms with van der Waals surface area (Å²) >= 11 is 0. The minimum atomic E-state index is -1.10. The van der Waals surface area contributed by atoms with E-state index in [-0.39, 0.29) is 17.1 Å². The summed E-state index contributed by atoms with van der Waals surface area (Å²) in [5.41, 5.74) is 3.54. The molecule has 8 nitrogen and oxygen atoms in total. The van der Waals surface area contributed by atoms with Crippen LogP contribution in [0.25, 0.3) is 16.7 Å². The highest BCUT2D eigenvalue weighted by molar-refractivity contribution is 5.82. The van der Waals surface area contributed by atoms with E-state index in [2.05, 4.69) is 47.7 Å². The molecule has 3 N–H and O–H groups in total. The van der Waals surface area contributed by atoms with Crippen molar-refractivity contribution >= 4 is 22.4 Å². The zero-order chi connectivity index (χ0) is 25.8. The molecule has 0 aliphatic carbocycles. The predicted molar refractivity (Wildman–Crippen MR) is 143 cm³/mol. The third-order valence-corrected chi connectivity index (χ3v) is 6.84. The van der Waals surface area contributed by atoms with E-state index >= 15 is 0 Å². The van der Waals surface area contributed by atoms with Gasteiger partial charge in [-0.1, -0.05) is 12.1 Å². The molecule has 36 heavy (non-hydrogen) atoms. The molecular formula is C28H34N6O2. The molecule has 4 heterocycles. The quantitative estimate of drug-likeness (QED) is 0.384. The van der Waals surface area contributed by atoms with Crippen LogP contribution in [-0.4, -0.2) is 31.0 Å². The Morgan fingerprint density at radius 2 is 1.94 bits per heavy atom. The molecule has 0 fully saturated rings. The fourth-order valence-electron chi connectivity index (χ4n) is 5.01. The van der Waals surface area contributed by atoms with Gasteiger partial charge in [-0.05, 0) is 89.9 Å². The maximum Gasteiger partial charge on any atom is 0.276 e. The van der Waals surface area contributed by atoms with E-state index in [4.69, 9.17) is 4.98 Å². The van der Waals surface area contributed by atoms with E-state index in [1.165, 1.54) is 11.1 Å². The molecule has 4 aromatic rings. The first kappa shape index (κ1) is 24.2. The highest BCUT2D eigenvalue weighted by Gasteiger charge is 2.27. The van der Waals surface area contributed by atoms with Crippen molar-refractivity contribution in [3.8, 4) is 5.82 Å². The largest absolute Gasteiger partial charge is 0.384 e. The number of aromatic nitrogens is 4. The Hall–Kier alpha value is -3.49. The third-order valence-electron chi connectivity index (χ3n) is 6.84. The van der Waals surface area contributed by atoms with Gasteiger partial charge in [-0.25, -0.2) is 19.3 Å². The molecule has 0 saturated carbocycles. The Labute approximate surface area is 211 Å². The molecule has 1 aromatic carbocycles. The van der Waals surface area contributed by atoms with Crippen LogP contribution in [0, 0.1) is 0 Å². The van der Waals surface area contributed by atoms with Gasteiger partial charge >= 0.3 is 0 Å². The fraction of sp³-hybridized carbons (Fsp3) is 0.393. The lowest BCUT2D eigenvalue weighted by Gasteiger charge is -2.34. The molecule has 0 saturated heterocycles. The average Bonchev–Trinajstić information content (AvgIpc) is 3.10. The third kappa shape index (κ3) is 4.20. The number of nitrogens with zero attached hydrogens (tertiary/aromatic N) is 4. The van der Waals surface area contributed by atoms with Gasteiger partial charge in [0.25, 0.3) is 5.56 Å². The normalized spacial score (nSPS) is 15.3. The summed E-state index contributed by atoms with van der Waals surface area (Å²) in [5.74, 6) is 1.21. The van der Waals surface area contributed by atoms with E-state index in [9.17, 15) is 9.90 Å². The highest BCUT2D eigenvalue weighted by atomic mass is 16.3. The summed E-state index contributed by atoms with van der Waals surface area (Å²) in [4.78, 5) is 22.6. The molecule has 1 aliphatic heterocycles. The molecule has 0 unspecified atom stereocenters. The first-order valence-corrected chi connectivity index (χ1v) is 12.4. The molecule has 3 aromatic heterocycles. The second-order valence-corrected chi connectivity index (χ2v) is 10.9. The molecule has 188 valence electrons. The number of pyridine rings is 2. The van der Waals surface area contributed by atoms with Crippen molar-refractivity contribution in [1.82, 2.24) is 24.6 Å². The summed E-state index contributed by atoms with van der Waals surface area (Å²) in [7, 11) is 0. The van der Waals surface area contributed by atoms with Crippen molar-refractivity contribution in [3.05, 3.63) is 75.8 Å². The van der Waals surface area contributed by atoms with Gasteiger partial charge in [0.2, 0.25) is 0 Å². The number of benzene rings is 1. The lowest BCUT2D eigenvalue weighted by atomic mass is 9.85. The second kappa shape index (κ2) is 8.57. The molecule has 0 radical (unpaired) electrons. The lowest BCUT2D eigenvalue weighted by Crippen LogP contribution is -2.42. The van der Waals surface area contributed by atoms with Gasteiger partial charge in [0, 0.05) is 29.5 Å². The van der Waals surface area contributed by atoms with E-state index in [0.717, 1.165) is 18.7 Å². The molecule has 8 heteroatoms. The zero-order valence-corrected chi connectivity index (χ0v) is 21.8. The van der Waals surface area contributed by atoms with Crippen LogP contribution in [0.2, 0.25) is 0 Å². The summed E-state index contributed by atoms with van der Waals surface area (Å²) < 4.78 is 3.51. The van der Waals surface area contributed by atoms with Crippen LogP contribution in [0.4, 0.5) is 11.5 Å². The standard InChI is InChI=1S/C28H34N6O2/c1-17(2)33-26(35)20-16-29-24(31-19-10-11-21-18(14-19)12-13-30-27(21,3)4)15-22(20)34(33)25-9-7-8-23(32-25)28(5,6)36/h7-11,14-17,30,36H,12-13H2,1-6H3,(H,29,31). The van der Waals surface area contributed by atoms with Crippen molar-refractivity contribution in [1.29, 1.82) is 0 Å². The molecule has 0 amide bonds. The zero-order valence-electron chi connectivity index (χ0n) is 21.8. The van der Waals surface area contributed by atoms with Crippen molar-refractivity contribution in [2.24, 2.45) is 0 Å². The predicted octanol–water partition coefficient (Wildman–Crippen LogP) is 4.51. The van der Waals surface area contributed by atoms with Crippen LogP contribution >= 0.6 is 0 Å². The Kier molecular flexibility index (Phi) is 5.76. The fourth-order valence-corrected chi connectivity index (χ4v) is 5.01. The SMILES string of the molecule is CC(C)n1c(=O)c2cnc(Nc3ccc4c(c3)CCNC4(C)C)cc2n1-c1cccc(C(C)(C)O)n1. The number of aliphatic hydroxyl groups is 1. The van der Waals surface area contributed by atoms with Gasteiger partial charge < -0.3 is 15.7 Å². The minimum absolute atomic E-state index is 0.0518. The smallest absolute Gasteiger partial charge is 0.276 e. The first-order valence-electron chi connectivity index (χ1n) is 12.4. The van der Waals surface area contributed by atoms with E-state index in [1.54, 1.807) is 30.8 Å². The minimum Gasteiger partial charge on any atom is -0.384 e. The average molecular weight is 487 g/mol. The number of hydrogen-bond acceptors (Lipinski definition) is 6. The topological polar surface area (TPSA) is 97.0 Å². The Morgan fingerprint density at radius 1 is 1.17 bits per heavy atom. The van der Waals surface area contributed by atoms with Crippen LogP contribution in [0.15, 0.2) is 53.5 Å². The van der Waals surface area contributed by atoms with Gasteiger partial charge in [-0.2, -0.15) is 0 Å². The Bertz CT molecular complexity index is 1510. The van der Waals surface area contributed by atoms with Gasteiger partial charge in [-0.3, -0.25) is 4.79 Å². The maximum absolute atomic E-state index is 13.3. The van der Waals surface area contributed by atoms with Gasteiger partial charge in [-0.15, -0.1) is 0 Å². The number of nitrogens with one attached hydrogen (secondary N) is 2. The summed E-state index contributed by atoms with van der Waals surface area (Å²) in [6.45, 7) is 12.7. The van der Waals surface area contributed by atoms with Crippen LogP contribution in [-0.2, 0) is 17.6 Å². The van der Waals surface area contributed by atoms with Gasteiger partial charge in [0.05, 0.1) is 16.6 Å². The summed E-state index contributed by atoms with van der Waals surface area (Å²) in [6.07, 6.45) is 2.60. The number of rotatable bonds is 5. The lowest BCUT2D eigenvalue weighted by molar-refractivity contribution is 0.0738. The van der Waals surface area contributed by atoms with Crippen LogP contribution in [0.1, 0.15) is 64.4 Å². The molecular weight excluding hydrogens is 452 g/mol. The maximum atomic E-state index is 13.3. The summed E-state index contributed by atoms with van der Waals surface area (Å²) in [6, 6.07) is 13.7. The van der Waals surface area contributed by atoms with Crippen LogP contribution in [0.5, 0.6) is 0 Å². The Morgan fingerprint density at radius 3 is 2.67 bits per heavy atom. The van der Waals surface area contributed by atoms with Crippen LogP contribution < -0.4 is 16.2 Å². The van der Waals surface area contributed by atoms with Crippen molar-refractivity contribution < 1.29 is 5.11 Å². The Balaban J connectivity index is 1.61. The molecule has 0 bridgehead atoms. The monoisotopic (exact) mass is 486 g/mol.